The third-order valence-corrected chi connectivity index (χ3v) is 6.21. The summed E-state index contributed by atoms with van der Waals surface area (Å²) in [5.74, 6) is -0.518. The highest BCUT2D eigenvalue weighted by Gasteiger charge is 2.33. The van der Waals surface area contributed by atoms with Crippen LogP contribution in [0.4, 0.5) is 0 Å². The first-order valence-corrected chi connectivity index (χ1v) is 10.8. The lowest BCUT2D eigenvalue weighted by Crippen LogP contribution is -2.39. The Bertz CT molecular complexity index is 1370. The average Bonchev–Trinajstić information content (AvgIpc) is 3.08. The third kappa shape index (κ3) is 4.04. The van der Waals surface area contributed by atoms with Crippen LogP contribution in [0, 0.1) is 0 Å². The molecule has 2 aromatic carbocycles. The highest BCUT2D eigenvalue weighted by Crippen LogP contribution is 2.30. The van der Waals surface area contributed by atoms with Crippen molar-refractivity contribution in [3.63, 3.8) is 0 Å². The number of thiazole rings is 1. The highest BCUT2D eigenvalue weighted by molar-refractivity contribution is 7.07. The molecule has 3 aromatic rings. The lowest BCUT2D eigenvalue weighted by molar-refractivity contribution is -0.138. The zero-order chi connectivity index (χ0) is 22.0. The molecule has 0 N–H and O–H groups in total. The number of ether oxygens (including phenoxy) is 1. The van der Waals surface area contributed by atoms with E-state index in [1.807, 2.05) is 48.5 Å². The van der Waals surface area contributed by atoms with Gasteiger partial charge in [0.1, 0.15) is 6.61 Å². The van der Waals surface area contributed by atoms with Crippen LogP contribution in [0.3, 0.4) is 0 Å². The van der Waals surface area contributed by atoms with Crippen LogP contribution in [0.2, 0.25) is 5.02 Å². The highest BCUT2D eigenvalue weighted by atomic mass is 35.5. The van der Waals surface area contributed by atoms with E-state index in [1.54, 1.807) is 23.6 Å². The van der Waals surface area contributed by atoms with Crippen LogP contribution in [0.1, 0.15) is 24.1 Å². The van der Waals surface area contributed by atoms with Crippen LogP contribution >= 0.6 is 22.9 Å². The number of aromatic nitrogens is 1. The fraction of sp³-hybridized carbons (Fsp3) is 0.125. The Morgan fingerprint density at radius 1 is 1.23 bits per heavy atom. The van der Waals surface area contributed by atoms with Crippen molar-refractivity contribution in [1.82, 2.24) is 4.57 Å². The minimum Gasteiger partial charge on any atom is -0.458 e. The number of nitrogens with zero attached hydrogens (tertiary/aromatic N) is 2. The number of hydrogen-bond acceptors (Lipinski definition) is 5. The van der Waals surface area contributed by atoms with E-state index in [0.717, 1.165) is 11.1 Å². The summed E-state index contributed by atoms with van der Waals surface area (Å²) in [6, 6.07) is 16.1. The van der Waals surface area contributed by atoms with Crippen LogP contribution in [0.25, 0.3) is 6.08 Å². The van der Waals surface area contributed by atoms with Crippen molar-refractivity contribution < 1.29 is 9.53 Å². The van der Waals surface area contributed by atoms with Gasteiger partial charge in [0.15, 0.2) is 4.80 Å². The summed E-state index contributed by atoms with van der Waals surface area (Å²) < 4.78 is 7.36. The Kier molecular flexibility index (Phi) is 6.02. The summed E-state index contributed by atoms with van der Waals surface area (Å²) in [6.07, 6.45) is 3.26. The summed E-state index contributed by atoms with van der Waals surface area (Å²) in [6.45, 7) is 5.42. The molecule has 0 unspecified atom stereocenters. The van der Waals surface area contributed by atoms with Gasteiger partial charge in [-0.2, -0.15) is 0 Å². The van der Waals surface area contributed by atoms with Gasteiger partial charge in [-0.05, 0) is 30.2 Å². The van der Waals surface area contributed by atoms with Crippen LogP contribution in [-0.4, -0.2) is 17.1 Å². The van der Waals surface area contributed by atoms with E-state index in [9.17, 15) is 9.59 Å². The Morgan fingerprint density at radius 2 is 1.94 bits per heavy atom. The van der Waals surface area contributed by atoms with Gasteiger partial charge in [-0.3, -0.25) is 9.36 Å². The molecular formula is C24H19ClN2O3S. The van der Waals surface area contributed by atoms with Gasteiger partial charge in [0, 0.05) is 5.02 Å². The zero-order valence-electron chi connectivity index (χ0n) is 16.7. The molecule has 1 aliphatic heterocycles. The zero-order valence-corrected chi connectivity index (χ0v) is 18.3. The second kappa shape index (κ2) is 8.88. The molecule has 5 nitrogen and oxygen atoms in total. The molecule has 7 heteroatoms. The second-order valence-corrected chi connectivity index (χ2v) is 8.32. The van der Waals surface area contributed by atoms with Gasteiger partial charge >= 0.3 is 5.97 Å². The molecule has 2 heterocycles. The quantitative estimate of drug-likeness (QED) is 0.440. The maximum Gasteiger partial charge on any atom is 0.338 e. The Balaban J connectivity index is 1.95. The fourth-order valence-electron chi connectivity index (χ4n) is 3.48. The number of carbonyl (C=O) groups is 1. The molecule has 4 rings (SSSR count). The van der Waals surface area contributed by atoms with Gasteiger partial charge in [0.05, 0.1) is 21.8 Å². The first-order valence-electron chi connectivity index (χ1n) is 9.61. The molecule has 0 spiro atoms. The van der Waals surface area contributed by atoms with E-state index in [-0.39, 0.29) is 12.2 Å². The summed E-state index contributed by atoms with van der Waals surface area (Å²) in [5, 5.41) is 0.554. The third-order valence-electron chi connectivity index (χ3n) is 4.88. The number of benzene rings is 2. The molecule has 0 bridgehead atoms. The number of carbonyl (C=O) groups excluding carboxylic acids is 1. The van der Waals surface area contributed by atoms with E-state index >= 15 is 0 Å². The van der Waals surface area contributed by atoms with Crippen LogP contribution in [0.15, 0.2) is 88.3 Å². The molecule has 1 aliphatic rings. The molecular weight excluding hydrogens is 432 g/mol. The largest absolute Gasteiger partial charge is 0.458 e. The van der Waals surface area contributed by atoms with Gasteiger partial charge in [-0.1, -0.05) is 84.1 Å². The van der Waals surface area contributed by atoms with Gasteiger partial charge < -0.3 is 4.74 Å². The number of allylic oxidation sites excluding steroid dienone is 1. The summed E-state index contributed by atoms with van der Waals surface area (Å²) in [4.78, 5) is 31.4. The van der Waals surface area contributed by atoms with Crippen molar-refractivity contribution in [2.24, 2.45) is 4.99 Å². The van der Waals surface area contributed by atoms with Crippen molar-refractivity contribution in [3.8, 4) is 0 Å². The minimum absolute atomic E-state index is 0.0774. The topological polar surface area (TPSA) is 60.7 Å². The summed E-state index contributed by atoms with van der Waals surface area (Å²) in [5.41, 5.74) is 2.16. The average molecular weight is 451 g/mol. The van der Waals surface area contributed by atoms with E-state index < -0.39 is 12.0 Å². The van der Waals surface area contributed by atoms with Gasteiger partial charge in [0.2, 0.25) is 0 Å². The standard InChI is InChI=1S/C24H19ClN2O3S/c1-3-13-30-23(29)20-15(2)26-24-27(21(20)16-9-5-4-6-10-16)22(28)19(31-24)14-17-11-7-8-12-18(17)25/h3-12,14,21H,1,13H2,2H3/b19-14-/t21-/m1/s1. The number of hydrogen-bond donors (Lipinski definition) is 0. The SMILES string of the molecule is C=CCOC(=O)C1=C(C)N=c2s/c(=C\c3ccccc3Cl)c(=O)n2[C@@H]1c1ccccc1. The van der Waals surface area contributed by atoms with Gasteiger partial charge in [-0.15, -0.1) is 0 Å². The van der Waals surface area contributed by atoms with Crippen molar-refractivity contribution in [2.75, 3.05) is 6.61 Å². The monoisotopic (exact) mass is 450 g/mol. The Morgan fingerprint density at radius 3 is 2.65 bits per heavy atom. The van der Waals surface area contributed by atoms with Gasteiger partial charge in [0.25, 0.3) is 5.56 Å². The number of rotatable bonds is 5. The second-order valence-electron chi connectivity index (χ2n) is 6.90. The lowest BCUT2D eigenvalue weighted by Gasteiger charge is -2.24. The summed E-state index contributed by atoms with van der Waals surface area (Å²) in [7, 11) is 0. The number of esters is 1. The molecule has 0 saturated heterocycles. The van der Waals surface area contributed by atoms with E-state index in [1.165, 1.54) is 17.4 Å². The van der Waals surface area contributed by atoms with E-state index in [0.29, 0.717) is 25.6 Å². The predicted molar refractivity (Wildman–Crippen MR) is 123 cm³/mol. The first kappa shape index (κ1) is 21.0. The van der Waals surface area contributed by atoms with Crippen molar-refractivity contribution in [3.05, 3.63) is 114 Å². The van der Waals surface area contributed by atoms with Crippen molar-refractivity contribution >= 4 is 35.0 Å². The van der Waals surface area contributed by atoms with Crippen LogP contribution < -0.4 is 14.9 Å². The molecule has 0 radical (unpaired) electrons. The molecule has 1 atom stereocenters. The predicted octanol–water partition coefficient (Wildman–Crippen LogP) is 3.62. The molecule has 31 heavy (non-hydrogen) atoms. The molecule has 0 aliphatic carbocycles. The molecule has 0 saturated carbocycles. The maximum atomic E-state index is 13.5. The molecule has 1 aromatic heterocycles. The Labute approximate surface area is 187 Å². The van der Waals surface area contributed by atoms with Gasteiger partial charge in [-0.25, -0.2) is 9.79 Å². The maximum absolute atomic E-state index is 13.5. The van der Waals surface area contributed by atoms with Crippen LogP contribution in [0.5, 0.6) is 0 Å². The molecule has 156 valence electrons. The summed E-state index contributed by atoms with van der Waals surface area (Å²) >= 11 is 7.54. The number of fused-ring (bicyclic) bond motifs is 1. The minimum atomic E-state index is -0.636. The van der Waals surface area contributed by atoms with Crippen molar-refractivity contribution in [2.45, 2.75) is 13.0 Å². The van der Waals surface area contributed by atoms with E-state index in [2.05, 4.69) is 11.6 Å². The Hall–Kier alpha value is -3.22. The lowest BCUT2D eigenvalue weighted by atomic mass is 9.96. The van der Waals surface area contributed by atoms with Crippen LogP contribution in [-0.2, 0) is 9.53 Å². The van der Waals surface area contributed by atoms with E-state index in [4.69, 9.17) is 16.3 Å². The molecule has 0 amide bonds. The van der Waals surface area contributed by atoms with Crippen molar-refractivity contribution in [1.29, 1.82) is 0 Å². The number of halogens is 1. The first-order chi connectivity index (χ1) is 15.0. The normalized spacial score (nSPS) is 15.9. The fourth-order valence-corrected chi connectivity index (χ4v) is 4.71. The smallest absolute Gasteiger partial charge is 0.338 e. The molecule has 0 fully saturated rings.